The van der Waals surface area contributed by atoms with Crippen LogP contribution in [0, 0.1) is 0 Å². The highest BCUT2D eigenvalue weighted by Gasteiger charge is 2.14. The van der Waals surface area contributed by atoms with Crippen molar-refractivity contribution < 1.29 is 23.9 Å². The molecule has 0 aliphatic carbocycles. The van der Waals surface area contributed by atoms with Gasteiger partial charge >= 0.3 is 11.9 Å². The minimum absolute atomic E-state index is 0.230. The lowest BCUT2D eigenvalue weighted by Crippen LogP contribution is -2.12. The van der Waals surface area contributed by atoms with Gasteiger partial charge in [0.15, 0.2) is 5.78 Å². The highest BCUT2D eigenvalue weighted by atomic mass is 16.5. The Kier molecular flexibility index (Phi) is 5.05. The molecule has 0 spiro atoms. The van der Waals surface area contributed by atoms with Crippen LogP contribution in [0.25, 0.3) is 0 Å². The summed E-state index contributed by atoms with van der Waals surface area (Å²) >= 11 is 0. The summed E-state index contributed by atoms with van der Waals surface area (Å²) in [7, 11) is 1.26. The first-order valence-corrected chi connectivity index (χ1v) is 5.45. The van der Waals surface area contributed by atoms with Crippen molar-refractivity contribution in [3.63, 3.8) is 0 Å². The zero-order chi connectivity index (χ0) is 13.5. The van der Waals surface area contributed by atoms with Gasteiger partial charge in [-0.1, -0.05) is 12.1 Å². The average molecular weight is 250 g/mol. The molecule has 0 unspecified atom stereocenters. The van der Waals surface area contributed by atoms with Crippen molar-refractivity contribution in [3.05, 3.63) is 35.4 Å². The van der Waals surface area contributed by atoms with E-state index in [1.807, 2.05) is 0 Å². The van der Waals surface area contributed by atoms with Gasteiger partial charge in [-0.15, -0.1) is 0 Å². The average Bonchev–Trinajstić information content (AvgIpc) is 2.38. The number of methoxy groups -OCH3 is 1. The van der Waals surface area contributed by atoms with E-state index in [0.717, 1.165) is 0 Å². The summed E-state index contributed by atoms with van der Waals surface area (Å²) in [5.41, 5.74) is 0.554. The van der Waals surface area contributed by atoms with Gasteiger partial charge in [-0.05, 0) is 19.1 Å². The number of ether oxygens (including phenoxy) is 2. The van der Waals surface area contributed by atoms with Crippen LogP contribution in [-0.2, 0) is 14.3 Å². The number of carbonyl (C=O) groups is 3. The number of hydrogen-bond acceptors (Lipinski definition) is 5. The van der Waals surface area contributed by atoms with Gasteiger partial charge in [-0.25, -0.2) is 4.79 Å². The van der Waals surface area contributed by atoms with E-state index in [-0.39, 0.29) is 29.9 Å². The molecule has 0 amide bonds. The molecule has 0 aliphatic heterocycles. The summed E-state index contributed by atoms with van der Waals surface area (Å²) in [6.45, 7) is 1.90. The topological polar surface area (TPSA) is 69.7 Å². The van der Waals surface area contributed by atoms with Gasteiger partial charge in [0.25, 0.3) is 0 Å². The van der Waals surface area contributed by atoms with Gasteiger partial charge in [0.1, 0.15) is 6.42 Å². The molecule has 0 atom stereocenters. The summed E-state index contributed by atoms with van der Waals surface area (Å²) in [6.07, 6.45) is -0.335. The first kappa shape index (κ1) is 13.9. The molecular weight excluding hydrogens is 236 g/mol. The Morgan fingerprint density at radius 2 is 1.83 bits per heavy atom. The van der Waals surface area contributed by atoms with Crippen molar-refractivity contribution in [1.82, 2.24) is 0 Å². The van der Waals surface area contributed by atoms with Gasteiger partial charge in [0.2, 0.25) is 0 Å². The number of rotatable bonds is 5. The predicted octanol–water partition coefficient (Wildman–Crippen LogP) is 1.61. The van der Waals surface area contributed by atoms with Crippen molar-refractivity contribution in [2.24, 2.45) is 0 Å². The van der Waals surface area contributed by atoms with Crippen LogP contribution < -0.4 is 0 Å². The Labute approximate surface area is 105 Å². The van der Waals surface area contributed by atoms with Gasteiger partial charge in [-0.2, -0.15) is 0 Å². The van der Waals surface area contributed by atoms with Crippen molar-refractivity contribution >= 4 is 17.7 Å². The third-order valence-electron chi connectivity index (χ3n) is 2.22. The number of benzene rings is 1. The van der Waals surface area contributed by atoms with Crippen LogP contribution in [0.15, 0.2) is 24.3 Å². The Balaban J connectivity index is 2.80. The SMILES string of the molecule is CCOC(=O)CC(=O)c1cccc(C(=O)OC)c1. The molecule has 0 heterocycles. The fourth-order valence-electron chi connectivity index (χ4n) is 1.38. The first-order chi connectivity index (χ1) is 8.58. The van der Waals surface area contributed by atoms with E-state index in [9.17, 15) is 14.4 Å². The van der Waals surface area contributed by atoms with Crippen molar-refractivity contribution in [1.29, 1.82) is 0 Å². The maximum atomic E-state index is 11.7. The zero-order valence-corrected chi connectivity index (χ0v) is 10.3. The van der Waals surface area contributed by atoms with Crippen LogP contribution >= 0.6 is 0 Å². The van der Waals surface area contributed by atoms with Gasteiger partial charge in [0.05, 0.1) is 19.3 Å². The van der Waals surface area contributed by atoms with E-state index in [1.165, 1.54) is 25.3 Å². The summed E-state index contributed by atoms with van der Waals surface area (Å²) in [5, 5.41) is 0. The smallest absolute Gasteiger partial charge is 0.337 e. The molecule has 0 saturated heterocycles. The lowest BCUT2D eigenvalue weighted by molar-refractivity contribution is -0.141. The number of hydrogen-bond donors (Lipinski definition) is 0. The van der Waals surface area contributed by atoms with Crippen LogP contribution in [0.5, 0.6) is 0 Å². The molecule has 1 aromatic carbocycles. The minimum Gasteiger partial charge on any atom is -0.466 e. The van der Waals surface area contributed by atoms with E-state index in [2.05, 4.69) is 9.47 Å². The zero-order valence-electron chi connectivity index (χ0n) is 10.3. The Bertz CT molecular complexity index is 464. The molecule has 0 aromatic heterocycles. The second-order valence-corrected chi connectivity index (χ2v) is 3.48. The highest BCUT2D eigenvalue weighted by Crippen LogP contribution is 2.09. The predicted molar refractivity (Wildman–Crippen MR) is 63.4 cm³/mol. The highest BCUT2D eigenvalue weighted by molar-refractivity contribution is 6.07. The molecule has 18 heavy (non-hydrogen) atoms. The van der Waals surface area contributed by atoms with Crippen molar-refractivity contribution in [2.45, 2.75) is 13.3 Å². The maximum absolute atomic E-state index is 11.7. The lowest BCUT2D eigenvalue weighted by atomic mass is 10.1. The second kappa shape index (κ2) is 6.54. The summed E-state index contributed by atoms with van der Waals surface area (Å²) < 4.78 is 9.23. The Morgan fingerprint density at radius 1 is 1.17 bits per heavy atom. The summed E-state index contributed by atoms with van der Waals surface area (Å²) in [4.78, 5) is 34.2. The molecule has 0 aliphatic rings. The van der Waals surface area contributed by atoms with E-state index < -0.39 is 11.9 Å². The van der Waals surface area contributed by atoms with Gasteiger partial charge in [0, 0.05) is 5.56 Å². The molecule has 1 rings (SSSR count). The fraction of sp³-hybridized carbons (Fsp3) is 0.308. The Morgan fingerprint density at radius 3 is 2.44 bits per heavy atom. The summed E-state index contributed by atoms with van der Waals surface area (Å²) in [6, 6.07) is 6.03. The quantitative estimate of drug-likeness (QED) is 0.451. The van der Waals surface area contributed by atoms with Crippen LogP contribution in [0.1, 0.15) is 34.1 Å². The lowest BCUT2D eigenvalue weighted by Gasteiger charge is -2.03. The number of Topliss-reactive ketones (excluding diaryl/α,β-unsaturated/α-hetero) is 1. The van der Waals surface area contributed by atoms with E-state index >= 15 is 0 Å². The second-order valence-electron chi connectivity index (χ2n) is 3.48. The normalized spacial score (nSPS) is 9.67. The molecular formula is C13H14O5. The fourth-order valence-corrected chi connectivity index (χ4v) is 1.38. The molecule has 5 heteroatoms. The maximum Gasteiger partial charge on any atom is 0.337 e. The van der Waals surface area contributed by atoms with Crippen LogP contribution in [-0.4, -0.2) is 31.4 Å². The van der Waals surface area contributed by atoms with E-state index in [0.29, 0.717) is 0 Å². The van der Waals surface area contributed by atoms with E-state index in [1.54, 1.807) is 13.0 Å². The van der Waals surface area contributed by atoms with Crippen molar-refractivity contribution in [2.75, 3.05) is 13.7 Å². The minimum atomic E-state index is -0.578. The molecule has 96 valence electrons. The largest absolute Gasteiger partial charge is 0.466 e. The third-order valence-corrected chi connectivity index (χ3v) is 2.22. The molecule has 1 aromatic rings. The van der Waals surface area contributed by atoms with E-state index in [4.69, 9.17) is 0 Å². The molecule has 5 nitrogen and oxygen atoms in total. The molecule has 0 fully saturated rings. The third kappa shape index (κ3) is 3.69. The van der Waals surface area contributed by atoms with Crippen LogP contribution in [0.2, 0.25) is 0 Å². The molecule has 0 bridgehead atoms. The van der Waals surface area contributed by atoms with Crippen molar-refractivity contribution in [3.8, 4) is 0 Å². The van der Waals surface area contributed by atoms with Gasteiger partial charge < -0.3 is 9.47 Å². The molecule has 0 N–H and O–H groups in total. The van der Waals surface area contributed by atoms with Gasteiger partial charge in [-0.3, -0.25) is 9.59 Å². The number of carbonyl (C=O) groups excluding carboxylic acids is 3. The number of ketones is 1. The molecule has 0 saturated carbocycles. The van der Waals surface area contributed by atoms with Crippen LogP contribution in [0.3, 0.4) is 0 Å². The van der Waals surface area contributed by atoms with Crippen LogP contribution in [0.4, 0.5) is 0 Å². The first-order valence-electron chi connectivity index (χ1n) is 5.45. The molecule has 0 radical (unpaired) electrons. The summed E-state index contributed by atoms with van der Waals surface area (Å²) in [5.74, 6) is -1.49. The standard InChI is InChI=1S/C13H14O5/c1-3-18-12(15)8-11(14)9-5-4-6-10(7-9)13(16)17-2/h4-7H,3,8H2,1-2H3. The Hall–Kier alpha value is -2.17. The monoisotopic (exact) mass is 250 g/mol. The number of esters is 2.